The lowest BCUT2D eigenvalue weighted by molar-refractivity contribution is -0.122. The average molecular weight is 374 g/mol. The summed E-state index contributed by atoms with van der Waals surface area (Å²) in [5.74, 6) is 0.111. The molecule has 0 aliphatic carbocycles. The van der Waals surface area contributed by atoms with Crippen LogP contribution in [0.15, 0.2) is 47.1 Å². The maximum absolute atomic E-state index is 13.0. The first-order valence-corrected chi connectivity index (χ1v) is 8.89. The van der Waals surface area contributed by atoms with Gasteiger partial charge in [0.15, 0.2) is 0 Å². The van der Waals surface area contributed by atoms with Crippen LogP contribution in [0.25, 0.3) is 0 Å². The molecule has 3 rings (SSSR count). The van der Waals surface area contributed by atoms with E-state index in [9.17, 15) is 14.0 Å². The Hall–Kier alpha value is -3.03. The van der Waals surface area contributed by atoms with Crippen LogP contribution in [0.4, 0.5) is 14.9 Å². The molecule has 1 unspecified atom stereocenters. The van der Waals surface area contributed by atoms with Gasteiger partial charge in [0.25, 0.3) is 0 Å². The van der Waals surface area contributed by atoms with E-state index in [1.54, 1.807) is 36.1 Å². The molecule has 0 radical (unpaired) electrons. The quantitative estimate of drug-likeness (QED) is 0.839. The molecule has 1 aliphatic rings. The second-order valence-corrected chi connectivity index (χ2v) is 6.42. The van der Waals surface area contributed by atoms with Crippen LogP contribution in [0.3, 0.4) is 0 Å². The van der Waals surface area contributed by atoms with Crippen molar-refractivity contribution in [3.8, 4) is 0 Å². The van der Waals surface area contributed by atoms with Gasteiger partial charge >= 0.3 is 6.03 Å². The third-order valence-corrected chi connectivity index (χ3v) is 4.51. The summed E-state index contributed by atoms with van der Waals surface area (Å²) in [5, 5.41) is 5.44. The highest BCUT2D eigenvalue weighted by Gasteiger charge is 2.24. The molecule has 8 heteroatoms. The lowest BCUT2D eigenvalue weighted by Gasteiger charge is -2.36. The van der Waals surface area contributed by atoms with E-state index in [0.29, 0.717) is 31.9 Å². The van der Waals surface area contributed by atoms with Crippen LogP contribution >= 0.6 is 0 Å². The van der Waals surface area contributed by atoms with Gasteiger partial charge in [0.2, 0.25) is 5.91 Å². The van der Waals surface area contributed by atoms with Crippen LogP contribution in [0.5, 0.6) is 0 Å². The number of benzene rings is 1. The lowest BCUT2D eigenvalue weighted by Crippen LogP contribution is -2.55. The summed E-state index contributed by atoms with van der Waals surface area (Å²) in [6.07, 6.45) is 1.54. The van der Waals surface area contributed by atoms with Gasteiger partial charge in [-0.3, -0.25) is 4.79 Å². The van der Waals surface area contributed by atoms with Crippen LogP contribution < -0.4 is 15.5 Å². The third-order valence-electron chi connectivity index (χ3n) is 4.51. The molecule has 144 valence electrons. The van der Waals surface area contributed by atoms with Gasteiger partial charge in [-0.2, -0.15) is 0 Å². The van der Waals surface area contributed by atoms with Crippen molar-refractivity contribution in [2.24, 2.45) is 0 Å². The zero-order valence-corrected chi connectivity index (χ0v) is 15.2. The molecule has 2 heterocycles. The average Bonchev–Trinajstić information content (AvgIpc) is 3.20. The molecule has 2 aromatic rings. The van der Waals surface area contributed by atoms with E-state index in [4.69, 9.17) is 4.42 Å². The first-order chi connectivity index (χ1) is 13.0. The molecule has 1 atom stereocenters. The molecule has 0 spiro atoms. The van der Waals surface area contributed by atoms with Crippen molar-refractivity contribution in [3.05, 3.63) is 54.2 Å². The fourth-order valence-electron chi connectivity index (χ4n) is 2.90. The molecular formula is C19H23FN4O3. The standard InChI is InChI=1S/C19H23FN4O3/c1-14(18(25)21-13-17-3-2-12-27-17)22-19(26)24-10-8-23(9-11-24)16-6-4-15(20)5-7-16/h2-7,12,14H,8-11,13H2,1H3,(H,21,25)(H,22,26). The maximum atomic E-state index is 13.0. The van der Waals surface area contributed by atoms with Crippen LogP contribution in [0, 0.1) is 5.82 Å². The van der Waals surface area contributed by atoms with Gasteiger partial charge in [0.1, 0.15) is 17.6 Å². The Bertz CT molecular complexity index is 756. The van der Waals surface area contributed by atoms with Crippen molar-refractivity contribution >= 4 is 17.6 Å². The van der Waals surface area contributed by atoms with Gasteiger partial charge in [-0.1, -0.05) is 0 Å². The number of nitrogens with zero attached hydrogens (tertiary/aromatic N) is 2. The number of piperazine rings is 1. The van der Waals surface area contributed by atoms with E-state index in [1.807, 2.05) is 0 Å². The van der Waals surface area contributed by atoms with Crippen molar-refractivity contribution in [3.63, 3.8) is 0 Å². The summed E-state index contributed by atoms with van der Waals surface area (Å²) < 4.78 is 18.2. The minimum atomic E-state index is -0.650. The molecule has 0 bridgehead atoms. The number of hydrogen-bond donors (Lipinski definition) is 2. The fourth-order valence-corrected chi connectivity index (χ4v) is 2.90. The van der Waals surface area contributed by atoms with E-state index in [-0.39, 0.29) is 24.3 Å². The summed E-state index contributed by atoms with van der Waals surface area (Å²) in [6.45, 7) is 4.29. The first-order valence-electron chi connectivity index (χ1n) is 8.89. The normalized spacial score (nSPS) is 15.3. The fraction of sp³-hybridized carbons (Fsp3) is 0.368. The van der Waals surface area contributed by atoms with Gasteiger partial charge in [-0.25, -0.2) is 9.18 Å². The smallest absolute Gasteiger partial charge is 0.318 e. The zero-order valence-electron chi connectivity index (χ0n) is 15.2. The number of furan rings is 1. The maximum Gasteiger partial charge on any atom is 0.318 e. The van der Waals surface area contributed by atoms with Crippen LogP contribution in [0.2, 0.25) is 0 Å². The Kier molecular flexibility index (Phi) is 5.95. The van der Waals surface area contributed by atoms with Crippen LogP contribution in [0.1, 0.15) is 12.7 Å². The highest BCUT2D eigenvalue weighted by atomic mass is 19.1. The summed E-state index contributed by atoms with van der Waals surface area (Å²) in [6, 6.07) is 8.92. The van der Waals surface area contributed by atoms with Crippen molar-refractivity contribution in [2.45, 2.75) is 19.5 Å². The molecule has 1 saturated heterocycles. The van der Waals surface area contributed by atoms with Crippen molar-refractivity contribution in [2.75, 3.05) is 31.1 Å². The number of halogens is 1. The molecule has 1 aliphatic heterocycles. The van der Waals surface area contributed by atoms with Gasteiger partial charge < -0.3 is 24.9 Å². The van der Waals surface area contributed by atoms with E-state index in [1.165, 1.54) is 18.4 Å². The molecule has 2 N–H and O–H groups in total. The Balaban J connectivity index is 1.43. The molecule has 7 nitrogen and oxygen atoms in total. The number of hydrogen-bond acceptors (Lipinski definition) is 4. The monoisotopic (exact) mass is 374 g/mol. The molecular weight excluding hydrogens is 351 g/mol. The van der Waals surface area contributed by atoms with Crippen LogP contribution in [-0.2, 0) is 11.3 Å². The number of urea groups is 1. The molecule has 27 heavy (non-hydrogen) atoms. The number of nitrogens with one attached hydrogen (secondary N) is 2. The van der Waals surface area contributed by atoms with E-state index in [2.05, 4.69) is 15.5 Å². The Morgan fingerprint density at radius 1 is 1.15 bits per heavy atom. The minimum absolute atomic E-state index is 0.268. The van der Waals surface area contributed by atoms with Crippen molar-refractivity contribution in [1.29, 1.82) is 0 Å². The Morgan fingerprint density at radius 3 is 2.48 bits per heavy atom. The third kappa shape index (κ3) is 4.99. The Labute approximate surface area is 157 Å². The highest BCUT2D eigenvalue weighted by Crippen LogP contribution is 2.16. The van der Waals surface area contributed by atoms with E-state index >= 15 is 0 Å². The Morgan fingerprint density at radius 2 is 1.85 bits per heavy atom. The SMILES string of the molecule is CC(NC(=O)N1CCN(c2ccc(F)cc2)CC1)C(=O)NCc1ccco1. The largest absolute Gasteiger partial charge is 0.467 e. The number of rotatable bonds is 5. The summed E-state index contributed by atoms with van der Waals surface area (Å²) in [5.41, 5.74) is 0.933. The van der Waals surface area contributed by atoms with Crippen molar-refractivity contribution in [1.82, 2.24) is 15.5 Å². The van der Waals surface area contributed by atoms with E-state index < -0.39 is 6.04 Å². The predicted octanol–water partition coefficient (Wildman–Crippen LogP) is 1.96. The number of amides is 3. The zero-order chi connectivity index (χ0) is 19.2. The molecule has 3 amide bonds. The number of anilines is 1. The van der Waals surface area contributed by atoms with Crippen LogP contribution in [-0.4, -0.2) is 49.1 Å². The van der Waals surface area contributed by atoms with Gasteiger partial charge in [-0.05, 0) is 43.3 Å². The molecule has 1 fully saturated rings. The van der Waals surface area contributed by atoms with Gasteiger partial charge in [-0.15, -0.1) is 0 Å². The number of carbonyl (C=O) groups excluding carboxylic acids is 2. The molecule has 1 aromatic carbocycles. The van der Waals surface area contributed by atoms with Gasteiger partial charge in [0, 0.05) is 31.9 Å². The minimum Gasteiger partial charge on any atom is -0.467 e. The molecule has 0 saturated carbocycles. The van der Waals surface area contributed by atoms with Gasteiger partial charge in [0.05, 0.1) is 12.8 Å². The second-order valence-electron chi connectivity index (χ2n) is 6.42. The van der Waals surface area contributed by atoms with Crippen molar-refractivity contribution < 1.29 is 18.4 Å². The summed E-state index contributed by atoms with van der Waals surface area (Å²) in [7, 11) is 0. The van der Waals surface area contributed by atoms with E-state index in [0.717, 1.165) is 5.69 Å². The lowest BCUT2D eigenvalue weighted by atomic mass is 10.2. The first kappa shape index (κ1) is 18.8. The summed E-state index contributed by atoms with van der Waals surface area (Å²) in [4.78, 5) is 28.3. The second kappa shape index (κ2) is 8.57. The molecule has 1 aromatic heterocycles. The number of carbonyl (C=O) groups is 2. The topological polar surface area (TPSA) is 77.8 Å². The predicted molar refractivity (Wildman–Crippen MR) is 98.7 cm³/mol. The summed E-state index contributed by atoms with van der Waals surface area (Å²) >= 11 is 0. The highest BCUT2D eigenvalue weighted by molar-refractivity contribution is 5.86.